The Labute approximate surface area is 165 Å². The topological polar surface area (TPSA) is 65.0 Å². The molecule has 0 bridgehead atoms. The normalized spacial score (nSPS) is 13.7. The molecule has 5 nitrogen and oxygen atoms in total. The van der Waals surface area contributed by atoms with Gasteiger partial charge in [0, 0.05) is 12.2 Å². The Hall–Kier alpha value is -0.870. The van der Waals surface area contributed by atoms with Crippen molar-refractivity contribution in [3.8, 4) is 5.75 Å². The molecule has 0 aliphatic heterocycles. The summed E-state index contributed by atoms with van der Waals surface area (Å²) in [5.41, 5.74) is 1.12. The lowest BCUT2D eigenvalue weighted by molar-refractivity contribution is 0.0221. The lowest BCUT2D eigenvalue weighted by Crippen LogP contribution is -2.27. The molecule has 1 aromatic carbocycles. The van der Waals surface area contributed by atoms with Crippen molar-refractivity contribution in [2.75, 3.05) is 6.61 Å². The second-order valence-corrected chi connectivity index (χ2v) is 11.2. The number of hydrogen-bond acceptors (Lipinski definition) is 5. The third-order valence-electron chi connectivity index (χ3n) is 3.84. The van der Waals surface area contributed by atoms with Crippen LogP contribution in [0.5, 0.6) is 5.75 Å². The molecular weight excluding hydrogens is 363 g/mol. The summed E-state index contributed by atoms with van der Waals surface area (Å²) in [5.74, 6) is 0.475. The van der Waals surface area contributed by atoms with Crippen LogP contribution < -0.4 is 4.52 Å². The van der Waals surface area contributed by atoms with E-state index < -0.39 is 19.0 Å². The fourth-order valence-electron chi connectivity index (χ4n) is 3.12. The molecule has 0 saturated carbocycles. The molecule has 0 unspecified atom stereocenters. The van der Waals surface area contributed by atoms with Gasteiger partial charge in [0.05, 0.1) is 11.2 Å². The van der Waals surface area contributed by atoms with Crippen molar-refractivity contribution in [1.29, 1.82) is 0 Å². The highest BCUT2D eigenvalue weighted by Crippen LogP contribution is 2.56. The van der Waals surface area contributed by atoms with Crippen molar-refractivity contribution in [2.45, 2.75) is 92.3 Å². The zero-order valence-corrected chi connectivity index (χ0v) is 19.5. The van der Waals surface area contributed by atoms with Crippen LogP contribution in [0.2, 0.25) is 0 Å². The number of phosphoric ester groups is 1. The van der Waals surface area contributed by atoms with Crippen molar-refractivity contribution < 1.29 is 23.2 Å². The van der Waals surface area contributed by atoms with E-state index in [0.717, 1.165) is 16.7 Å². The molecule has 6 heteroatoms. The minimum Gasteiger partial charge on any atom is -0.404 e. The molecular formula is C21H37O5P. The number of aryl methyl sites for hydroxylation is 2. The van der Waals surface area contributed by atoms with Gasteiger partial charge in [0.1, 0.15) is 5.75 Å². The molecule has 27 heavy (non-hydrogen) atoms. The Morgan fingerprint density at radius 3 is 1.81 bits per heavy atom. The van der Waals surface area contributed by atoms with E-state index in [2.05, 4.69) is 6.07 Å². The Balaban J connectivity index is 3.51. The molecule has 0 spiro atoms. The van der Waals surface area contributed by atoms with Crippen LogP contribution in [-0.2, 0) is 19.0 Å². The third kappa shape index (κ3) is 7.57. The number of aliphatic hydroxyl groups is 1. The van der Waals surface area contributed by atoms with E-state index in [9.17, 15) is 9.67 Å². The smallest absolute Gasteiger partial charge is 0.404 e. The predicted molar refractivity (Wildman–Crippen MR) is 111 cm³/mol. The first-order valence-electron chi connectivity index (χ1n) is 9.42. The molecule has 1 rings (SSSR count). The van der Waals surface area contributed by atoms with Crippen LogP contribution in [0, 0.1) is 13.8 Å². The summed E-state index contributed by atoms with van der Waals surface area (Å²) in [6, 6.07) is 3.91. The van der Waals surface area contributed by atoms with Gasteiger partial charge in [-0.05, 0) is 84.4 Å². The third-order valence-corrected chi connectivity index (χ3v) is 5.80. The van der Waals surface area contributed by atoms with Crippen LogP contribution in [0.3, 0.4) is 0 Å². The van der Waals surface area contributed by atoms with Gasteiger partial charge in [-0.25, -0.2) is 4.57 Å². The molecule has 0 saturated heterocycles. The van der Waals surface area contributed by atoms with E-state index in [0.29, 0.717) is 12.2 Å². The summed E-state index contributed by atoms with van der Waals surface area (Å²) >= 11 is 0. The summed E-state index contributed by atoms with van der Waals surface area (Å²) in [6.45, 7) is 19.0. The fourth-order valence-corrected chi connectivity index (χ4v) is 4.96. The van der Waals surface area contributed by atoms with Crippen LogP contribution in [-0.4, -0.2) is 22.9 Å². The molecule has 0 aliphatic carbocycles. The van der Waals surface area contributed by atoms with Gasteiger partial charge in [0.15, 0.2) is 0 Å². The monoisotopic (exact) mass is 400 g/mol. The molecule has 0 aliphatic rings. The average Bonchev–Trinajstić information content (AvgIpc) is 2.30. The number of aliphatic hydroxyl groups excluding tert-OH is 1. The lowest BCUT2D eigenvalue weighted by Gasteiger charge is -2.34. The summed E-state index contributed by atoms with van der Waals surface area (Å²) in [6.07, 6.45) is 0.553. The second-order valence-electron chi connectivity index (χ2n) is 9.76. The quantitative estimate of drug-likeness (QED) is 0.562. The predicted octanol–water partition coefficient (Wildman–Crippen LogP) is 6.08. The summed E-state index contributed by atoms with van der Waals surface area (Å²) in [7, 11) is -3.90. The maximum absolute atomic E-state index is 13.6. The fraction of sp³-hybridized carbons (Fsp3) is 0.714. The lowest BCUT2D eigenvalue weighted by atomic mass is 9.78. The summed E-state index contributed by atoms with van der Waals surface area (Å²) in [4.78, 5) is 0. The van der Waals surface area contributed by atoms with Gasteiger partial charge in [-0.2, -0.15) is 0 Å². The standard InChI is InChI=1S/C21H37O5P/c1-15-13-16(2)18(21(9,10)11-12-22)17(14-15)24-27(23,25-19(3,4)5)26-20(6,7)8/h13-14,22H,11-12H2,1-10H3. The van der Waals surface area contributed by atoms with E-state index in [4.69, 9.17) is 13.6 Å². The first-order chi connectivity index (χ1) is 12.0. The Kier molecular flexibility index (Phi) is 7.38. The van der Waals surface area contributed by atoms with Crippen LogP contribution in [0.4, 0.5) is 0 Å². The maximum atomic E-state index is 13.6. The SMILES string of the molecule is Cc1cc(C)c(C(C)(C)CCO)c(OP(=O)(OC(C)(C)C)OC(C)(C)C)c1. The van der Waals surface area contributed by atoms with Gasteiger partial charge in [0.25, 0.3) is 0 Å². The molecule has 0 atom stereocenters. The molecule has 0 aromatic heterocycles. The van der Waals surface area contributed by atoms with Crippen LogP contribution in [0.1, 0.15) is 78.5 Å². The molecule has 1 aromatic rings. The second kappa shape index (κ2) is 8.24. The average molecular weight is 400 g/mol. The first-order valence-corrected chi connectivity index (χ1v) is 10.9. The van der Waals surface area contributed by atoms with Gasteiger partial charge in [-0.3, -0.25) is 9.05 Å². The van der Waals surface area contributed by atoms with Gasteiger partial charge in [-0.1, -0.05) is 19.9 Å². The molecule has 0 radical (unpaired) electrons. The highest BCUT2D eigenvalue weighted by atomic mass is 31.2. The number of rotatable bonds is 7. The molecule has 0 fully saturated rings. The molecule has 1 N–H and O–H groups in total. The van der Waals surface area contributed by atoms with E-state index in [1.165, 1.54) is 0 Å². The highest BCUT2D eigenvalue weighted by molar-refractivity contribution is 7.49. The molecule has 0 heterocycles. The van der Waals surface area contributed by atoms with Gasteiger partial charge < -0.3 is 9.63 Å². The Morgan fingerprint density at radius 1 is 0.926 bits per heavy atom. The Morgan fingerprint density at radius 2 is 1.41 bits per heavy atom. The van der Waals surface area contributed by atoms with Crippen molar-refractivity contribution in [3.63, 3.8) is 0 Å². The molecule has 0 amide bonds. The van der Waals surface area contributed by atoms with Crippen LogP contribution in [0.25, 0.3) is 0 Å². The largest absolute Gasteiger partial charge is 0.531 e. The van der Waals surface area contributed by atoms with Crippen molar-refractivity contribution in [2.24, 2.45) is 0 Å². The van der Waals surface area contributed by atoms with Crippen LogP contribution in [0.15, 0.2) is 12.1 Å². The minimum absolute atomic E-state index is 0.0500. The number of benzene rings is 1. The van der Waals surface area contributed by atoms with Gasteiger partial charge in [-0.15, -0.1) is 0 Å². The summed E-state index contributed by atoms with van der Waals surface area (Å²) < 4.78 is 31.1. The van der Waals surface area contributed by atoms with E-state index in [1.807, 2.05) is 75.3 Å². The maximum Gasteiger partial charge on any atom is 0.531 e. The van der Waals surface area contributed by atoms with Gasteiger partial charge in [0.2, 0.25) is 0 Å². The van der Waals surface area contributed by atoms with Crippen molar-refractivity contribution in [1.82, 2.24) is 0 Å². The van der Waals surface area contributed by atoms with E-state index in [-0.39, 0.29) is 12.0 Å². The first kappa shape index (κ1) is 24.2. The number of hydrogen-bond donors (Lipinski definition) is 1. The van der Waals surface area contributed by atoms with E-state index in [1.54, 1.807) is 0 Å². The zero-order valence-electron chi connectivity index (χ0n) is 18.6. The molecule has 156 valence electrons. The summed E-state index contributed by atoms with van der Waals surface area (Å²) in [5, 5.41) is 9.49. The highest BCUT2D eigenvalue weighted by Gasteiger charge is 2.40. The van der Waals surface area contributed by atoms with Crippen molar-refractivity contribution >= 4 is 7.82 Å². The minimum atomic E-state index is -3.90. The van der Waals surface area contributed by atoms with E-state index >= 15 is 0 Å². The van der Waals surface area contributed by atoms with Gasteiger partial charge >= 0.3 is 7.82 Å². The number of phosphoric acid groups is 1. The zero-order chi connectivity index (χ0) is 21.3. The Bertz CT molecular complexity index is 676. The van der Waals surface area contributed by atoms with Crippen molar-refractivity contribution in [3.05, 3.63) is 28.8 Å². The van der Waals surface area contributed by atoms with Crippen LogP contribution >= 0.6 is 7.82 Å².